The van der Waals surface area contributed by atoms with Crippen molar-refractivity contribution in [3.63, 3.8) is 0 Å². The number of hydrogen-bond donors (Lipinski definition) is 0. The van der Waals surface area contributed by atoms with Crippen LogP contribution in [0.3, 0.4) is 0 Å². The minimum absolute atomic E-state index is 0.756. The number of rotatable bonds is 4. The number of nitrogens with zero attached hydrogens (tertiary/aromatic N) is 1. The van der Waals surface area contributed by atoms with Crippen LogP contribution in [0.2, 0.25) is 0 Å². The number of likely N-dealkylation sites (tertiary alicyclic amines) is 1. The van der Waals surface area contributed by atoms with Gasteiger partial charge >= 0.3 is 0 Å². The summed E-state index contributed by atoms with van der Waals surface area (Å²) in [6.07, 6.45) is 6.80. The normalized spacial score (nSPS) is 21.1. The Morgan fingerprint density at radius 3 is 2.67 bits per heavy atom. The number of unbranched alkanes of at least 4 members (excludes halogenated alkanes) is 1. The van der Waals surface area contributed by atoms with Gasteiger partial charge in [-0.3, -0.25) is 0 Å². The third kappa shape index (κ3) is 3.35. The highest BCUT2D eigenvalue weighted by Gasteiger charge is 2.15. The predicted octanol–water partition coefficient (Wildman–Crippen LogP) is 1.70. The first-order chi connectivity index (χ1) is 5.83. The number of piperidine rings is 1. The highest BCUT2D eigenvalue weighted by molar-refractivity contribution is 5.48. The first-order valence-electron chi connectivity index (χ1n) is 4.95. The summed E-state index contributed by atoms with van der Waals surface area (Å²) < 4.78 is 0. The molecule has 1 fully saturated rings. The molecule has 2 nitrogen and oxygen atoms in total. The van der Waals surface area contributed by atoms with Crippen molar-refractivity contribution in [2.75, 3.05) is 20.1 Å². The quantitative estimate of drug-likeness (QED) is 0.471. The summed E-state index contributed by atoms with van der Waals surface area (Å²) in [7, 11) is 2.18. The average molecular weight is 169 g/mol. The molecule has 0 N–H and O–H groups in total. The van der Waals surface area contributed by atoms with Crippen LogP contribution in [0.4, 0.5) is 0 Å². The van der Waals surface area contributed by atoms with Crippen LogP contribution in [0.1, 0.15) is 32.1 Å². The lowest BCUT2D eigenvalue weighted by Crippen LogP contribution is -2.30. The van der Waals surface area contributed by atoms with Gasteiger partial charge in [-0.25, -0.2) is 0 Å². The predicted molar refractivity (Wildman–Crippen MR) is 50.1 cm³/mol. The molecule has 1 heterocycles. The molecule has 0 radical (unpaired) electrons. The van der Waals surface area contributed by atoms with Crippen molar-refractivity contribution in [2.45, 2.75) is 32.1 Å². The zero-order chi connectivity index (χ0) is 8.81. The molecule has 2 heteroatoms. The summed E-state index contributed by atoms with van der Waals surface area (Å²) in [5, 5.41) is 0. The van der Waals surface area contributed by atoms with Gasteiger partial charge in [0.25, 0.3) is 0 Å². The van der Waals surface area contributed by atoms with E-state index in [1.165, 1.54) is 32.4 Å². The maximum Gasteiger partial charge on any atom is 0.119 e. The van der Waals surface area contributed by atoms with Crippen molar-refractivity contribution in [1.29, 1.82) is 0 Å². The SMILES string of the molecule is CN1CCC(CCCC=O)CC1. The van der Waals surface area contributed by atoms with Crippen molar-refractivity contribution in [1.82, 2.24) is 4.90 Å². The van der Waals surface area contributed by atoms with E-state index < -0.39 is 0 Å². The second-order valence-electron chi connectivity index (χ2n) is 3.84. The van der Waals surface area contributed by atoms with Gasteiger partial charge in [0.2, 0.25) is 0 Å². The molecule has 0 unspecified atom stereocenters. The van der Waals surface area contributed by atoms with Crippen LogP contribution in [-0.4, -0.2) is 31.3 Å². The Kier molecular flexibility index (Phi) is 4.30. The van der Waals surface area contributed by atoms with Crippen LogP contribution in [0, 0.1) is 5.92 Å². The molecule has 0 atom stereocenters. The van der Waals surface area contributed by atoms with Crippen molar-refractivity contribution in [3.8, 4) is 0 Å². The molecule has 0 amide bonds. The first kappa shape index (κ1) is 9.72. The molecule has 0 bridgehead atoms. The van der Waals surface area contributed by atoms with E-state index in [-0.39, 0.29) is 0 Å². The molecular weight excluding hydrogens is 150 g/mol. The second-order valence-corrected chi connectivity index (χ2v) is 3.84. The lowest BCUT2D eigenvalue weighted by Gasteiger charge is -2.28. The monoisotopic (exact) mass is 169 g/mol. The van der Waals surface area contributed by atoms with Gasteiger partial charge in [0.05, 0.1) is 0 Å². The summed E-state index contributed by atoms with van der Waals surface area (Å²) in [6.45, 7) is 2.48. The molecule has 1 saturated heterocycles. The summed E-state index contributed by atoms with van der Waals surface area (Å²) in [4.78, 5) is 12.5. The Hall–Kier alpha value is -0.370. The molecule has 12 heavy (non-hydrogen) atoms. The largest absolute Gasteiger partial charge is 0.306 e. The van der Waals surface area contributed by atoms with Crippen LogP contribution >= 0.6 is 0 Å². The summed E-state index contributed by atoms with van der Waals surface area (Å²) >= 11 is 0. The third-order valence-corrected chi connectivity index (χ3v) is 2.77. The van der Waals surface area contributed by atoms with Gasteiger partial charge in [-0.05, 0) is 51.7 Å². The van der Waals surface area contributed by atoms with Crippen LogP contribution in [0.25, 0.3) is 0 Å². The van der Waals surface area contributed by atoms with E-state index in [9.17, 15) is 4.79 Å². The Balaban J connectivity index is 2.05. The minimum atomic E-state index is 0.756. The molecule has 1 aliphatic heterocycles. The number of carbonyl (C=O) groups is 1. The average Bonchev–Trinajstić information content (AvgIpc) is 2.09. The van der Waals surface area contributed by atoms with Gasteiger partial charge in [-0.2, -0.15) is 0 Å². The lowest BCUT2D eigenvalue weighted by atomic mass is 9.92. The van der Waals surface area contributed by atoms with Crippen molar-refractivity contribution in [2.24, 2.45) is 5.92 Å². The Bertz CT molecular complexity index is 128. The van der Waals surface area contributed by atoms with Crippen LogP contribution in [0.5, 0.6) is 0 Å². The molecule has 0 aromatic heterocycles. The van der Waals surface area contributed by atoms with E-state index >= 15 is 0 Å². The van der Waals surface area contributed by atoms with Crippen LogP contribution < -0.4 is 0 Å². The van der Waals surface area contributed by atoms with Gasteiger partial charge in [0.1, 0.15) is 6.29 Å². The van der Waals surface area contributed by atoms with Gasteiger partial charge in [-0.1, -0.05) is 0 Å². The van der Waals surface area contributed by atoms with Gasteiger partial charge in [0.15, 0.2) is 0 Å². The standard InChI is InChI=1S/C10H19NO/c1-11-7-5-10(6-8-11)4-2-3-9-12/h9-10H,2-8H2,1H3. The molecule has 0 spiro atoms. The maximum absolute atomic E-state index is 10.1. The highest BCUT2D eigenvalue weighted by atomic mass is 16.1. The second kappa shape index (κ2) is 5.31. The molecule has 0 saturated carbocycles. The van der Waals surface area contributed by atoms with Crippen molar-refractivity contribution in [3.05, 3.63) is 0 Å². The fraction of sp³-hybridized carbons (Fsp3) is 0.900. The number of hydrogen-bond acceptors (Lipinski definition) is 2. The summed E-state index contributed by atoms with van der Waals surface area (Å²) in [6, 6.07) is 0. The van der Waals surface area contributed by atoms with E-state index in [1.54, 1.807) is 0 Å². The summed E-state index contributed by atoms with van der Waals surface area (Å²) in [5.41, 5.74) is 0. The fourth-order valence-corrected chi connectivity index (χ4v) is 1.84. The topological polar surface area (TPSA) is 20.3 Å². The van der Waals surface area contributed by atoms with E-state index in [2.05, 4.69) is 11.9 Å². The Morgan fingerprint density at radius 2 is 2.08 bits per heavy atom. The van der Waals surface area contributed by atoms with Crippen molar-refractivity contribution >= 4 is 6.29 Å². The zero-order valence-corrected chi connectivity index (χ0v) is 7.96. The number of carbonyl (C=O) groups excluding carboxylic acids is 1. The molecule has 1 rings (SSSR count). The lowest BCUT2D eigenvalue weighted by molar-refractivity contribution is -0.108. The third-order valence-electron chi connectivity index (χ3n) is 2.77. The van der Waals surface area contributed by atoms with Crippen LogP contribution in [-0.2, 0) is 4.79 Å². The zero-order valence-electron chi connectivity index (χ0n) is 7.96. The van der Waals surface area contributed by atoms with E-state index in [4.69, 9.17) is 0 Å². The molecule has 0 aromatic carbocycles. The van der Waals surface area contributed by atoms with E-state index in [1.807, 2.05) is 0 Å². The highest BCUT2D eigenvalue weighted by Crippen LogP contribution is 2.21. The Morgan fingerprint density at radius 1 is 1.42 bits per heavy atom. The molecular formula is C10H19NO. The van der Waals surface area contributed by atoms with E-state index in [0.29, 0.717) is 0 Å². The van der Waals surface area contributed by atoms with Gasteiger partial charge in [0, 0.05) is 6.42 Å². The number of aldehydes is 1. The first-order valence-corrected chi connectivity index (χ1v) is 4.95. The molecule has 0 aromatic rings. The van der Waals surface area contributed by atoms with Crippen molar-refractivity contribution < 1.29 is 4.79 Å². The minimum Gasteiger partial charge on any atom is -0.306 e. The van der Waals surface area contributed by atoms with Crippen LogP contribution in [0.15, 0.2) is 0 Å². The van der Waals surface area contributed by atoms with Gasteiger partial charge in [-0.15, -0.1) is 0 Å². The van der Waals surface area contributed by atoms with Gasteiger partial charge < -0.3 is 9.69 Å². The smallest absolute Gasteiger partial charge is 0.119 e. The molecule has 70 valence electrons. The fourth-order valence-electron chi connectivity index (χ4n) is 1.84. The maximum atomic E-state index is 10.1. The molecule has 0 aliphatic carbocycles. The molecule has 1 aliphatic rings. The Labute approximate surface area is 74.9 Å². The summed E-state index contributed by atoms with van der Waals surface area (Å²) in [5.74, 6) is 0.890. The van der Waals surface area contributed by atoms with E-state index in [0.717, 1.165) is 25.0 Å².